The Hall–Kier alpha value is -2.44. The quantitative estimate of drug-likeness (QED) is 0.730. The van der Waals surface area contributed by atoms with Gasteiger partial charge in [0.15, 0.2) is 11.5 Å². The van der Waals surface area contributed by atoms with Crippen molar-refractivity contribution < 1.29 is 4.42 Å². The second-order valence-corrected chi connectivity index (χ2v) is 3.62. The van der Waals surface area contributed by atoms with Gasteiger partial charge in [0, 0.05) is 0 Å². The number of anilines is 1. The third-order valence-corrected chi connectivity index (χ3v) is 2.44. The van der Waals surface area contributed by atoms with Crippen LogP contribution in [0.1, 0.15) is 18.7 Å². The summed E-state index contributed by atoms with van der Waals surface area (Å²) in [5.41, 5.74) is 0.599. The molecule has 1 N–H and O–H groups in total. The van der Waals surface area contributed by atoms with Crippen LogP contribution in [-0.4, -0.2) is 25.0 Å². The standard InChI is InChI=1S/C10H10N6O/c1-7(8-3-2-4-17-8)12-9-5-11-6-10-13-14-15-16(9)10/h2-7,12H,1H3. The molecule has 0 spiro atoms. The normalized spacial score (nSPS) is 12.8. The lowest BCUT2D eigenvalue weighted by Gasteiger charge is -2.12. The Balaban J connectivity index is 1.92. The highest BCUT2D eigenvalue weighted by molar-refractivity contribution is 5.44. The zero-order valence-electron chi connectivity index (χ0n) is 9.11. The average Bonchev–Trinajstić information content (AvgIpc) is 3.00. The molecule has 3 rings (SSSR count). The van der Waals surface area contributed by atoms with Gasteiger partial charge in [-0.1, -0.05) is 0 Å². The molecule has 86 valence electrons. The Morgan fingerprint density at radius 3 is 3.18 bits per heavy atom. The van der Waals surface area contributed by atoms with Crippen molar-refractivity contribution in [3.05, 3.63) is 36.5 Å². The van der Waals surface area contributed by atoms with Crippen molar-refractivity contribution in [2.75, 3.05) is 5.32 Å². The highest BCUT2D eigenvalue weighted by atomic mass is 16.3. The van der Waals surface area contributed by atoms with Crippen LogP contribution in [0.5, 0.6) is 0 Å². The zero-order chi connectivity index (χ0) is 11.7. The molecule has 0 saturated carbocycles. The molecule has 0 fully saturated rings. The van der Waals surface area contributed by atoms with Gasteiger partial charge >= 0.3 is 0 Å². The number of nitrogens with one attached hydrogen (secondary N) is 1. The Morgan fingerprint density at radius 1 is 1.41 bits per heavy atom. The van der Waals surface area contributed by atoms with E-state index in [1.165, 1.54) is 0 Å². The molecule has 7 heteroatoms. The van der Waals surface area contributed by atoms with Gasteiger partial charge in [0.2, 0.25) is 0 Å². The smallest absolute Gasteiger partial charge is 0.199 e. The van der Waals surface area contributed by atoms with Crippen molar-refractivity contribution >= 4 is 11.5 Å². The minimum absolute atomic E-state index is 0.0154. The summed E-state index contributed by atoms with van der Waals surface area (Å²) in [6.45, 7) is 1.99. The number of nitrogens with zero attached hydrogens (tertiary/aromatic N) is 5. The first kappa shape index (κ1) is 9.76. The van der Waals surface area contributed by atoms with Crippen molar-refractivity contribution in [3.8, 4) is 0 Å². The third-order valence-electron chi connectivity index (χ3n) is 2.44. The van der Waals surface area contributed by atoms with Gasteiger partial charge in [-0.2, -0.15) is 4.52 Å². The van der Waals surface area contributed by atoms with Crippen molar-refractivity contribution in [2.45, 2.75) is 13.0 Å². The van der Waals surface area contributed by atoms with Gasteiger partial charge in [-0.25, -0.2) is 0 Å². The molecule has 3 heterocycles. The molecule has 1 atom stereocenters. The highest BCUT2D eigenvalue weighted by Crippen LogP contribution is 2.18. The molecule has 3 aromatic heterocycles. The molecule has 17 heavy (non-hydrogen) atoms. The fourth-order valence-corrected chi connectivity index (χ4v) is 1.60. The summed E-state index contributed by atoms with van der Waals surface area (Å²) in [6.07, 6.45) is 4.91. The monoisotopic (exact) mass is 230 g/mol. The fourth-order valence-electron chi connectivity index (χ4n) is 1.60. The van der Waals surface area contributed by atoms with Gasteiger partial charge in [0.1, 0.15) is 5.76 Å². The third kappa shape index (κ3) is 1.71. The first-order chi connectivity index (χ1) is 8.34. The molecular weight excluding hydrogens is 220 g/mol. The van der Waals surface area contributed by atoms with E-state index in [0.717, 1.165) is 11.6 Å². The second-order valence-electron chi connectivity index (χ2n) is 3.62. The van der Waals surface area contributed by atoms with Gasteiger partial charge in [-0.3, -0.25) is 4.98 Å². The van der Waals surface area contributed by atoms with Crippen LogP contribution in [0.15, 0.2) is 35.2 Å². The number of furan rings is 1. The van der Waals surface area contributed by atoms with Crippen molar-refractivity contribution in [1.82, 2.24) is 25.0 Å². The number of rotatable bonds is 3. The van der Waals surface area contributed by atoms with Crippen LogP contribution in [0.4, 0.5) is 5.82 Å². The predicted molar refractivity (Wildman–Crippen MR) is 59.3 cm³/mol. The largest absolute Gasteiger partial charge is 0.467 e. The summed E-state index contributed by atoms with van der Waals surface area (Å²) in [6, 6.07) is 3.77. The van der Waals surface area contributed by atoms with E-state index in [2.05, 4.69) is 25.8 Å². The van der Waals surface area contributed by atoms with E-state index in [1.54, 1.807) is 23.2 Å². The Kier molecular flexibility index (Phi) is 2.21. The summed E-state index contributed by atoms with van der Waals surface area (Å²) in [7, 11) is 0. The molecular formula is C10H10N6O. The molecule has 0 aromatic carbocycles. The van der Waals surface area contributed by atoms with Gasteiger partial charge in [-0.05, 0) is 29.5 Å². The summed E-state index contributed by atoms with van der Waals surface area (Å²) in [5.74, 6) is 1.56. The van der Waals surface area contributed by atoms with E-state index >= 15 is 0 Å². The van der Waals surface area contributed by atoms with Gasteiger partial charge in [0.25, 0.3) is 0 Å². The van der Waals surface area contributed by atoms with E-state index in [-0.39, 0.29) is 6.04 Å². The highest BCUT2D eigenvalue weighted by Gasteiger charge is 2.11. The molecule has 0 aliphatic rings. The first-order valence-electron chi connectivity index (χ1n) is 5.16. The summed E-state index contributed by atoms with van der Waals surface area (Å²) in [4.78, 5) is 4.06. The lowest BCUT2D eigenvalue weighted by molar-refractivity contribution is 0.489. The number of hydrogen-bond acceptors (Lipinski definition) is 6. The Morgan fingerprint density at radius 2 is 2.35 bits per heavy atom. The molecule has 3 aromatic rings. The minimum Gasteiger partial charge on any atom is -0.467 e. The maximum absolute atomic E-state index is 5.32. The molecule has 7 nitrogen and oxygen atoms in total. The molecule has 0 aliphatic carbocycles. The second kappa shape index (κ2) is 3.85. The fraction of sp³-hybridized carbons (Fsp3) is 0.200. The van der Waals surface area contributed by atoms with E-state index in [9.17, 15) is 0 Å². The summed E-state index contributed by atoms with van der Waals surface area (Å²) < 4.78 is 6.91. The molecule has 1 unspecified atom stereocenters. The minimum atomic E-state index is 0.0154. The van der Waals surface area contributed by atoms with Crippen LogP contribution in [0, 0.1) is 0 Å². The number of aromatic nitrogens is 5. The number of hydrogen-bond donors (Lipinski definition) is 1. The summed E-state index contributed by atoms with van der Waals surface area (Å²) >= 11 is 0. The lowest BCUT2D eigenvalue weighted by Crippen LogP contribution is -2.10. The van der Waals surface area contributed by atoms with E-state index in [1.807, 2.05) is 19.1 Å². The molecule has 0 radical (unpaired) electrons. The molecule has 0 saturated heterocycles. The van der Waals surface area contributed by atoms with Crippen LogP contribution >= 0.6 is 0 Å². The van der Waals surface area contributed by atoms with Crippen LogP contribution < -0.4 is 5.32 Å². The molecule has 0 amide bonds. The van der Waals surface area contributed by atoms with Gasteiger partial charge < -0.3 is 9.73 Å². The SMILES string of the molecule is CC(Nc1cncc2nnnn12)c1ccco1. The van der Waals surface area contributed by atoms with Crippen molar-refractivity contribution in [1.29, 1.82) is 0 Å². The van der Waals surface area contributed by atoms with Crippen molar-refractivity contribution in [2.24, 2.45) is 0 Å². The predicted octanol–water partition coefficient (Wildman–Crippen LogP) is 1.29. The topological polar surface area (TPSA) is 81.1 Å². The van der Waals surface area contributed by atoms with Crippen molar-refractivity contribution in [3.63, 3.8) is 0 Å². The summed E-state index contributed by atoms with van der Waals surface area (Å²) in [5, 5.41) is 14.5. The zero-order valence-corrected chi connectivity index (χ0v) is 9.11. The maximum atomic E-state index is 5.32. The van der Waals surface area contributed by atoms with E-state index < -0.39 is 0 Å². The lowest BCUT2D eigenvalue weighted by atomic mass is 10.2. The van der Waals surface area contributed by atoms with Gasteiger partial charge in [-0.15, -0.1) is 5.10 Å². The van der Waals surface area contributed by atoms with E-state index in [4.69, 9.17) is 4.42 Å². The average molecular weight is 230 g/mol. The Labute approximate surface area is 96.5 Å². The number of fused-ring (bicyclic) bond motifs is 1. The van der Waals surface area contributed by atoms with Crippen LogP contribution in [-0.2, 0) is 0 Å². The van der Waals surface area contributed by atoms with Gasteiger partial charge in [0.05, 0.1) is 24.7 Å². The van der Waals surface area contributed by atoms with Crippen LogP contribution in [0.2, 0.25) is 0 Å². The Bertz CT molecular complexity index is 617. The van der Waals surface area contributed by atoms with Crippen LogP contribution in [0.25, 0.3) is 5.65 Å². The van der Waals surface area contributed by atoms with E-state index in [0.29, 0.717) is 5.65 Å². The molecule has 0 aliphatic heterocycles. The molecule has 0 bridgehead atoms. The number of tetrazole rings is 1. The van der Waals surface area contributed by atoms with Crippen LogP contribution in [0.3, 0.4) is 0 Å². The first-order valence-corrected chi connectivity index (χ1v) is 5.16. The maximum Gasteiger partial charge on any atom is 0.199 e.